The fraction of sp³-hybridized carbons (Fsp3) is 0.318. The van der Waals surface area contributed by atoms with Gasteiger partial charge in [0, 0.05) is 30.2 Å². The number of nitrogens with two attached hydrogens (primary N) is 1. The van der Waals surface area contributed by atoms with Crippen molar-refractivity contribution in [3.05, 3.63) is 48.0 Å². The second-order valence-electron chi connectivity index (χ2n) is 7.27. The normalized spacial score (nSPS) is 14.4. The molecule has 4 rings (SSSR count). The molecule has 1 aliphatic heterocycles. The third-order valence-corrected chi connectivity index (χ3v) is 5.73. The Morgan fingerprint density at radius 3 is 2.45 bits per heavy atom. The highest BCUT2D eigenvalue weighted by Crippen LogP contribution is 2.30. The lowest BCUT2D eigenvalue weighted by Crippen LogP contribution is -2.37. The molecule has 150 valence electrons. The number of thioether (sulfide) groups is 1. The zero-order valence-corrected chi connectivity index (χ0v) is 17.4. The first-order valence-electron chi connectivity index (χ1n) is 9.72. The summed E-state index contributed by atoms with van der Waals surface area (Å²) >= 11 is 1.90. The van der Waals surface area contributed by atoms with Crippen LogP contribution in [0, 0.1) is 0 Å². The number of ether oxygens (including phenoxy) is 1. The Hall–Kier alpha value is -2.80. The number of anilines is 1. The molecule has 0 atom stereocenters. The van der Waals surface area contributed by atoms with E-state index in [1.807, 2.05) is 73.0 Å². The number of nitrogen functional groups attached to an aromatic ring is 1. The van der Waals surface area contributed by atoms with Crippen LogP contribution in [-0.2, 0) is 0 Å². The fourth-order valence-corrected chi connectivity index (χ4v) is 4.27. The molecule has 1 amide bonds. The Bertz CT molecular complexity index is 1030. The van der Waals surface area contributed by atoms with Gasteiger partial charge in [-0.25, -0.2) is 4.98 Å². The van der Waals surface area contributed by atoms with Gasteiger partial charge in [-0.2, -0.15) is 16.7 Å². The van der Waals surface area contributed by atoms with Crippen molar-refractivity contribution in [2.45, 2.75) is 20.0 Å². The molecule has 0 saturated carbocycles. The minimum Gasteiger partial charge on any atom is -0.474 e. The summed E-state index contributed by atoms with van der Waals surface area (Å²) in [5.74, 6) is 2.80. The van der Waals surface area contributed by atoms with Crippen LogP contribution < -0.4 is 10.5 Å². The summed E-state index contributed by atoms with van der Waals surface area (Å²) in [6, 6.07) is 13.7. The maximum Gasteiger partial charge on any atom is 0.253 e. The van der Waals surface area contributed by atoms with E-state index in [1.165, 1.54) is 0 Å². The molecule has 0 unspecified atom stereocenters. The monoisotopic (exact) mass is 408 g/mol. The maximum atomic E-state index is 12.7. The molecule has 0 bridgehead atoms. The van der Waals surface area contributed by atoms with Gasteiger partial charge >= 0.3 is 0 Å². The zero-order chi connectivity index (χ0) is 20.4. The van der Waals surface area contributed by atoms with Crippen LogP contribution in [0.2, 0.25) is 0 Å². The third kappa shape index (κ3) is 4.29. The lowest BCUT2D eigenvalue weighted by atomic mass is 10.0. The molecule has 0 aliphatic carbocycles. The second-order valence-corrected chi connectivity index (χ2v) is 8.49. The lowest BCUT2D eigenvalue weighted by Gasteiger charge is -2.26. The molecular weight excluding hydrogens is 384 g/mol. The highest BCUT2D eigenvalue weighted by molar-refractivity contribution is 7.99. The van der Waals surface area contributed by atoms with Crippen molar-refractivity contribution in [2.24, 2.45) is 0 Å². The summed E-state index contributed by atoms with van der Waals surface area (Å²) in [4.78, 5) is 23.2. The molecule has 3 aromatic rings. The average Bonchev–Trinajstić information content (AvgIpc) is 2.73. The Morgan fingerprint density at radius 1 is 1.07 bits per heavy atom. The van der Waals surface area contributed by atoms with E-state index in [9.17, 15) is 4.79 Å². The largest absolute Gasteiger partial charge is 0.474 e. The van der Waals surface area contributed by atoms with E-state index >= 15 is 0 Å². The van der Waals surface area contributed by atoms with Crippen molar-refractivity contribution in [3.8, 4) is 17.0 Å². The molecule has 2 aromatic carbocycles. The summed E-state index contributed by atoms with van der Waals surface area (Å²) in [6.45, 7) is 5.53. The van der Waals surface area contributed by atoms with E-state index in [-0.39, 0.29) is 18.0 Å². The number of rotatable bonds is 4. The standard InChI is InChI=1S/C22H24N4O2S/c1-14(2)28-20-18-13-17(7-8-19(18)24-22(23)25-20)15-3-5-16(6-4-15)21(27)26-9-11-29-12-10-26/h3-8,13-14H,9-12H2,1-2H3,(H2,23,24,25). The smallest absolute Gasteiger partial charge is 0.253 e. The number of carbonyl (C=O) groups excluding carboxylic acids is 1. The number of nitrogens with zero attached hydrogens (tertiary/aromatic N) is 3. The van der Waals surface area contributed by atoms with Crippen molar-refractivity contribution in [3.63, 3.8) is 0 Å². The second kappa shape index (κ2) is 8.29. The van der Waals surface area contributed by atoms with Gasteiger partial charge in [-0.05, 0) is 49.2 Å². The molecule has 0 spiro atoms. The number of benzene rings is 2. The van der Waals surface area contributed by atoms with E-state index < -0.39 is 0 Å². The zero-order valence-electron chi connectivity index (χ0n) is 16.6. The van der Waals surface area contributed by atoms with E-state index in [0.717, 1.165) is 52.2 Å². The highest BCUT2D eigenvalue weighted by Gasteiger charge is 2.18. The van der Waals surface area contributed by atoms with Crippen LogP contribution in [0.1, 0.15) is 24.2 Å². The van der Waals surface area contributed by atoms with Gasteiger partial charge in [-0.1, -0.05) is 18.2 Å². The highest BCUT2D eigenvalue weighted by atomic mass is 32.2. The third-order valence-electron chi connectivity index (χ3n) is 4.79. The molecule has 7 heteroatoms. The van der Waals surface area contributed by atoms with Crippen molar-refractivity contribution in [1.82, 2.24) is 14.9 Å². The first kappa shape index (κ1) is 19.5. The van der Waals surface area contributed by atoms with Gasteiger partial charge in [0.15, 0.2) is 0 Å². The SMILES string of the molecule is CC(C)Oc1nc(N)nc2ccc(-c3ccc(C(=O)N4CCSCC4)cc3)cc12. The summed E-state index contributed by atoms with van der Waals surface area (Å²) < 4.78 is 5.83. The lowest BCUT2D eigenvalue weighted by molar-refractivity contribution is 0.0772. The van der Waals surface area contributed by atoms with Crippen LogP contribution in [0.25, 0.3) is 22.0 Å². The molecule has 2 heterocycles. The fourth-order valence-electron chi connectivity index (χ4n) is 3.36. The number of amides is 1. The Morgan fingerprint density at radius 2 is 1.76 bits per heavy atom. The molecule has 1 saturated heterocycles. The predicted molar refractivity (Wildman–Crippen MR) is 118 cm³/mol. The van der Waals surface area contributed by atoms with E-state index in [0.29, 0.717) is 5.88 Å². The van der Waals surface area contributed by atoms with Crippen LogP contribution in [-0.4, -0.2) is 51.5 Å². The van der Waals surface area contributed by atoms with Gasteiger partial charge in [-0.3, -0.25) is 4.79 Å². The van der Waals surface area contributed by atoms with Crippen molar-refractivity contribution in [1.29, 1.82) is 0 Å². The molecule has 2 N–H and O–H groups in total. The number of aromatic nitrogens is 2. The number of hydrogen-bond acceptors (Lipinski definition) is 6. The topological polar surface area (TPSA) is 81.3 Å². The summed E-state index contributed by atoms with van der Waals surface area (Å²) in [5.41, 5.74) is 9.31. The van der Waals surface area contributed by atoms with E-state index in [1.54, 1.807) is 0 Å². The Balaban J connectivity index is 1.64. The van der Waals surface area contributed by atoms with Crippen LogP contribution in [0.15, 0.2) is 42.5 Å². The summed E-state index contributed by atoms with van der Waals surface area (Å²) in [5, 5.41) is 0.816. The summed E-state index contributed by atoms with van der Waals surface area (Å²) in [6.07, 6.45) is -0.0189. The predicted octanol–water partition coefficient (Wildman–Crippen LogP) is 3.86. The van der Waals surface area contributed by atoms with Gasteiger partial charge in [0.1, 0.15) is 0 Å². The molecule has 1 aromatic heterocycles. The van der Waals surface area contributed by atoms with E-state index in [2.05, 4.69) is 9.97 Å². The van der Waals surface area contributed by atoms with Crippen molar-refractivity contribution in [2.75, 3.05) is 30.3 Å². The molecule has 0 radical (unpaired) electrons. The van der Waals surface area contributed by atoms with Crippen LogP contribution in [0.4, 0.5) is 5.95 Å². The average molecular weight is 409 g/mol. The molecule has 1 fully saturated rings. The Kier molecular flexibility index (Phi) is 5.58. The first-order chi connectivity index (χ1) is 14.0. The minimum atomic E-state index is -0.0189. The Labute approximate surface area is 174 Å². The quantitative estimate of drug-likeness (QED) is 0.706. The molecule has 29 heavy (non-hydrogen) atoms. The number of hydrogen-bond donors (Lipinski definition) is 1. The van der Waals surface area contributed by atoms with Gasteiger partial charge in [-0.15, -0.1) is 0 Å². The molecule has 6 nitrogen and oxygen atoms in total. The van der Waals surface area contributed by atoms with Gasteiger partial charge in [0.05, 0.1) is 17.0 Å². The first-order valence-corrected chi connectivity index (χ1v) is 10.9. The summed E-state index contributed by atoms with van der Waals surface area (Å²) in [7, 11) is 0. The minimum absolute atomic E-state index is 0.0189. The van der Waals surface area contributed by atoms with Gasteiger partial charge in [0.25, 0.3) is 5.91 Å². The van der Waals surface area contributed by atoms with Gasteiger partial charge in [0.2, 0.25) is 11.8 Å². The van der Waals surface area contributed by atoms with Crippen LogP contribution >= 0.6 is 11.8 Å². The number of carbonyl (C=O) groups is 1. The molecule has 1 aliphatic rings. The van der Waals surface area contributed by atoms with Crippen molar-refractivity contribution < 1.29 is 9.53 Å². The van der Waals surface area contributed by atoms with Crippen molar-refractivity contribution >= 4 is 34.5 Å². The van der Waals surface area contributed by atoms with E-state index in [4.69, 9.17) is 10.5 Å². The number of fused-ring (bicyclic) bond motifs is 1. The van der Waals surface area contributed by atoms with Gasteiger partial charge < -0.3 is 15.4 Å². The maximum absolute atomic E-state index is 12.7. The van der Waals surface area contributed by atoms with Crippen LogP contribution in [0.3, 0.4) is 0 Å². The molecular formula is C22H24N4O2S. The van der Waals surface area contributed by atoms with Crippen LogP contribution in [0.5, 0.6) is 5.88 Å².